The minimum Gasteiger partial charge on any atom is -0.395 e. The van der Waals surface area contributed by atoms with Crippen LogP contribution in [0.1, 0.15) is 31.8 Å². The van der Waals surface area contributed by atoms with E-state index in [0.29, 0.717) is 29.2 Å². The maximum atomic E-state index is 12.5. The summed E-state index contributed by atoms with van der Waals surface area (Å²) in [6.45, 7) is 2.56. The second-order valence-electron chi connectivity index (χ2n) is 7.42. The standard InChI is InChI=1S/C24H27N5O3/c1-16-12-18(8-9-19(16)24(32)29(2)10-11-30)28-22-13-21(20(15-27-22)23(25)31)26-14-17-6-4-3-5-7-17/h3-9,12-13,15,30H,10-11,14H2,1-2H3,(H2,25,31)(H2,26,27,28). The van der Waals surface area contributed by atoms with Crippen molar-refractivity contribution in [1.82, 2.24) is 9.88 Å². The van der Waals surface area contributed by atoms with Crippen LogP contribution in [0.5, 0.6) is 0 Å². The minimum absolute atomic E-state index is 0.0888. The summed E-state index contributed by atoms with van der Waals surface area (Å²) in [6, 6.07) is 16.9. The van der Waals surface area contributed by atoms with Crippen LogP contribution < -0.4 is 16.4 Å². The van der Waals surface area contributed by atoms with Crippen LogP contribution in [0.3, 0.4) is 0 Å². The Hall–Kier alpha value is -3.91. The predicted octanol–water partition coefficient (Wildman–Crippen LogP) is 2.91. The second-order valence-corrected chi connectivity index (χ2v) is 7.42. The summed E-state index contributed by atoms with van der Waals surface area (Å²) in [5.74, 6) is -0.189. The number of carbonyl (C=O) groups excluding carboxylic acids is 2. The molecule has 0 aliphatic rings. The number of nitrogens with two attached hydrogens (primary N) is 1. The first-order valence-electron chi connectivity index (χ1n) is 10.2. The number of hydrogen-bond donors (Lipinski definition) is 4. The highest BCUT2D eigenvalue weighted by atomic mass is 16.3. The Labute approximate surface area is 187 Å². The van der Waals surface area contributed by atoms with Gasteiger partial charge < -0.3 is 26.4 Å². The van der Waals surface area contributed by atoms with Gasteiger partial charge in [0, 0.05) is 43.7 Å². The van der Waals surface area contributed by atoms with Crippen molar-refractivity contribution in [3.63, 3.8) is 0 Å². The van der Waals surface area contributed by atoms with Gasteiger partial charge in [-0.2, -0.15) is 0 Å². The van der Waals surface area contributed by atoms with Crippen LogP contribution in [-0.2, 0) is 6.54 Å². The van der Waals surface area contributed by atoms with E-state index in [2.05, 4.69) is 15.6 Å². The Morgan fingerprint density at radius 1 is 1.09 bits per heavy atom. The molecular weight excluding hydrogens is 406 g/mol. The lowest BCUT2D eigenvalue weighted by Crippen LogP contribution is -2.29. The number of likely N-dealkylation sites (N-methyl/N-ethyl adjacent to an activating group) is 1. The van der Waals surface area contributed by atoms with E-state index in [1.807, 2.05) is 43.3 Å². The number of primary amides is 1. The highest BCUT2D eigenvalue weighted by Crippen LogP contribution is 2.24. The number of nitrogens with zero attached hydrogens (tertiary/aromatic N) is 2. The van der Waals surface area contributed by atoms with Gasteiger partial charge in [0.2, 0.25) is 0 Å². The van der Waals surface area contributed by atoms with E-state index < -0.39 is 5.91 Å². The van der Waals surface area contributed by atoms with Gasteiger partial charge in [-0.15, -0.1) is 0 Å². The molecule has 0 saturated heterocycles. The van der Waals surface area contributed by atoms with Crippen molar-refractivity contribution >= 4 is 29.0 Å². The predicted molar refractivity (Wildman–Crippen MR) is 125 cm³/mol. The molecule has 2 amide bonds. The Balaban J connectivity index is 1.79. The fourth-order valence-electron chi connectivity index (χ4n) is 3.25. The van der Waals surface area contributed by atoms with Gasteiger partial charge in [0.05, 0.1) is 17.9 Å². The van der Waals surface area contributed by atoms with E-state index >= 15 is 0 Å². The third-order valence-electron chi connectivity index (χ3n) is 5.01. The van der Waals surface area contributed by atoms with Gasteiger partial charge in [-0.25, -0.2) is 4.98 Å². The molecule has 0 unspecified atom stereocenters. The SMILES string of the molecule is Cc1cc(Nc2cc(NCc3ccccc3)c(C(N)=O)cn2)ccc1C(=O)N(C)CCO. The molecule has 0 radical (unpaired) electrons. The third kappa shape index (κ3) is 5.61. The van der Waals surface area contributed by atoms with E-state index in [1.165, 1.54) is 11.1 Å². The van der Waals surface area contributed by atoms with Gasteiger partial charge in [-0.1, -0.05) is 30.3 Å². The molecule has 32 heavy (non-hydrogen) atoms. The quantitative estimate of drug-likeness (QED) is 0.412. The van der Waals surface area contributed by atoms with Gasteiger partial charge in [-0.3, -0.25) is 9.59 Å². The van der Waals surface area contributed by atoms with Crippen molar-refractivity contribution in [2.75, 3.05) is 30.8 Å². The van der Waals surface area contributed by atoms with Crippen LogP contribution in [0.25, 0.3) is 0 Å². The molecule has 0 atom stereocenters. The second kappa shape index (κ2) is 10.4. The van der Waals surface area contributed by atoms with Crippen molar-refractivity contribution in [2.24, 2.45) is 5.73 Å². The zero-order chi connectivity index (χ0) is 23.1. The lowest BCUT2D eigenvalue weighted by Gasteiger charge is -2.18. The van der Waals surface area contributed by atoms with Crippen LogP contribution in [-0.4, -0.2) is 47.0 Å². The lowest BCUT2D eigenvalue weighted by molar-refractivity contribution is 0.0766. The van der Waals surface area contributed by atoms with Crippen molar-refractivity contribution in [2.45, 2.75) is 13.5 Å². The molecule has 0 spiro atoms. The van der Waals surface area contributed by atoms with Crippen molar-refractivity contribution in [3.8, 4) is 0 Å². The number of aromatic nitrogens is 1. The number of pyridine rings is 1. The molecule has 8 nitrogen and oxygen atoms in total. The topological polar surface area (TPSA) is 121 Å². The summed E-state index contributed by atoms with van der Waals surface area (Å²) in [5.41, 5.74) is 9.55. The summed E-state index contributed by atoms with van der Waals surface area (Å²) in [7, 11) is 1.65. The molecule has 1 aromatic heterocycles. The molecule has 2 aromatic carbocycles. The van der Waals surface area contributed by atoms with Crippen LogP contribution in [0, 0.1) is 6.92 Å². The number of amides is 2. The first kappa shape index (κ1) is 22.8. The molecule has 0 aliphatic heterocycles. The molecule has 166 valence electrons. The number of aliphatic hydroxyl groups is 1. The van der Waals surface area contributed by atoms with Gasteiger partial charge in [-0.05, 0) is 36.2 Å². The Morgan fingerprint density at radius 2 is 1.84 bits per heavy atom. The molecule has 0 saturated carbocycles. The van der Waals surface area contributed by atoms with Gasteiger partial charge in [0.1, 0.15) is 5.82 Å². The van der Waals surface area contributed by atoms with Crippen molar-refractivity contribution < 1.29 is 14.7 Å². The van der Waals surface area contributed by atoms with E-state index in [1.54, 1.807) is 25.2 Å². The molecule has 3 aromatic rings. The Bertz CT molecular complexity index is 1100. The number of carbonyl (C=O) groups is 2. The first-order chi connectivity index (χ1) is 15.4. The van der Waals surface area contributed by atoms with E-state index in [0.717, 1.165) is 16.8 Å². The zero-order valence-corrected chi connectivity index (χ0v) is 18.1. The number of rotatable bonds is 9. The largest absolute Gasteiger partial charge is 0.395 e. The minimum atomic E-state index is -0.565. The number of hydrogen-bond acceptors (Lipinski definition) is 6. The van der Waals surface area contributed by atoms with Crippen LogP contribution in [0.15, 0.2) is 60.8 Å². The highest BCUT2D eigenvalue weighted by Gasteiger charge is 2.15. The Morgan fingerprint density at radius 3 is 2.50 bits per heavy atom. The number of benzene rings is 2. The van der Waals surface area contributed by atoms with E-state index in [4.69, 9.17) is 10.8 Å². The van der Waals surface area contributed by atoms with Crippen LogP contribution in [0.4, 0.5) is 17.2 Å². The summed E-state index contributed by atoms with van der Waals surface area (Å²) < 4.78 is 0. The monoisotopic (exact) mass is 433 g/mol. The molecular formula is C24H27N5O3. The molecule has 0 fully saturated rings. The average molecular weight is 434 g/mol. The zero-order valence-electron chi connectivity index (χ0n) is 18.1. The summed E-state index contributed by atoms with van der Waals surface area (Å²) in [4.78, 5) is 30.1. The molecule has 3 rings (SSSR count). The van der Waals surface area contributed by atoms with Crippen LogP contribution >= 0.6 is 0 Å². The fraction of sp³-hybridized carbons (Fsp3) is 0.208. The normalized spacial score (nSPS) is 10.5. The highest BCUT2D eigenvalue weighted by molar-refractivity contribution is 5.99. The third-order valence-corrected chi connectivity index (χ3v) is 5.01. The van der Waals surface area contributed by atoms with E-state index in [9.17, 15) is 9.59 Å². The number of aryl methyl sites for hydroxylation is 1. The molecule has 5 N–H and O–H groups in total. The van der Waals surface area contributed by atoms with Gasteiger partial charge >= 0.3 is 0 Å². The molecule has 0 aliphatic carbocycles. The van der Waals surface area contributed by atoms with E-state index in [-0.39, 0.29) is 19.1 Å². The molecule has 8 heteroatoms. The smallest absolute Gasteiger partial charge is 0.253 e. The fourth-order valence-corrected chi connectivity index (χ4v) is 3.25. The average Bonchev–Trinajstić information content (AvgIpc) is 2.78. The van der Waals surface area contributed by atoms with Crippen molar-refractivity contribution in [1.29, 1.82) is 0 Å². The molecule has 0 bridgehead atoms. The number of anilines is 3. The number of nitrogens with one attached hydrogen (secondary N) is 2. The van der Waals surface area contributed by atoms with Crippen LogP contribution in [0.2, 0.25) is 0 Å². The summed E-state index contributed by atoms with van der Waals surface area (Å²) in [6.07, 6.45) is 1.44. The van der Waals surface area contributed by atoms with Crippen molar-refractivity contribution in [3.05, 3.63) is 83.0 Å². The van der Waals surface area contributed by atoms with Gasteiger partial charge in [0.25, 0.3) is 11.8 Å². The maximum Gasteiger partial charge on any atom is 0.253 e. The maximum absolute atomic E-state index is 12.5. The van der Waals surface area contributed by atoms with Gasteiger partial charge in [0.15, 0.2) is 0 Å². The Kier molecular flexibility index (Phi) is 7.41. The first-order valence-corrected chi connectivity index (χ1v) is 10.2. The number of aliphatic hydroxyl groups excluding tert-OH is 1. The molecule has 1 heterocycles. The summed E-state index contributed by atoms with van der Waals surface area (Å²) >= 11 is 0. The summed E-state index contributed by atoms with van der Waals surface area (Å²) in [5, 5.41) is 15.5. The lowest BCUT2D eigenvalue weighted by atomic mass is 10.1.